The lowest BCUT2D eigenvalue weighted by Gasteiger charge is -2.28. The van der Waals surface area contributed by atoms with E-state index in [4.69, 9.17) is 4.98 Å². The van der Waals surface area contributed by atoms with E-state index in [1.807, 2.05) is 12.1 Å². The average molecular weight is 290 g/mol. The van der Waals surface area contributed by atoms with Gasteiger partial charge in [0.25, 0.3) is 0 Å². The Hall–Kier alpha value is -1.09. The van der Waals surface area contributed by atoms with Gasteiger partial charge in [0.15, 0.2) is 0 Å². The Labute approximate surface area is 129 Å². The Bertz CT molecular complexity index is 497. The molecule has 1 fully saturated rings. The summed E-state index contributed by atoms with van der Waals surface area (Å²) in [5.74, 6) is 1.73. The molecule has 1 N–H and O–H groups in total. The van der Waals surface area contributed by atoms with E-state index >= 15 is 0 Å². The zero-order chi connectivity index (χ0) is 15.8. The maximum Gasteiger partial charge on any atom is 0.129 e. The van der Waals surface area contributed by atoms with Crippen LogP contribution in [0.4, 0.5) is 5.82 Å². The number of hydrogen-bond acceptors (Lipinski definition) is 3. The Balaban J connectivity index is 2.28. The summed E-state index contributed by atoms with van der Waals surface area (Å²) in [6, 6.07) is 4.07. The maximum absolute atomic E-state index is 9.53. The predicted octanol–water partition coefficient (Wildman–Crippen LogP) is 3.74. The van der Waals surface area contributed by atoms with E-state index in [2.05, 4.69) is 46.4 Å². The van der Waals surface area contributed by atoms with Crippen molar-refractivity contribution in [1.82, 2.24) is 4.98 Å². The number of aliphatic hydroxyl groups excluding tert-OH is 1. The monoisotopic (exact) mass is 290 g/mol. The highest BCUT2D eigenvalue weighted by atomic mass is 16.3. The second-order valence-corrected chi connectivity index (χ2v) is 8.42. The zero-order valence-corrected chi connectivity index (χ0v) is 14.4. The quantitative estimate of drug-likeness (QED) is 0.901. The molecule has 118 valence electrons. The topological polar surface area (TPSA) is 36.4 Å². The van der Waals surface area contributed by atoms with Crippen molar-refractivity contribution in [1.29, 1.82) is 0 Å². The molecule has 21 heavy (non-hydrogen) atoms. The van der Waals surface area contributed by atoms with E-state index in [1.165, 1.54) is 6.42 Å². The molecule has 1 aromatic heterocycles. The molecule has 1 unspecified atom stereocenters. The number of aromatic nitrogens is 1. The molecular weight excluding hydrogens is 260 g/mol. The van der Waals surface area contributed by atoms with E-state index < -0.39 is 0 Å². The number of hydrogen-bond donors (Lipinski definition) is 1. The van der Waals surface area contributed by atoms with Crippen molar-refractivity contribution < 1.29 is 5.11 Å². The summed E-state index contributed by atoms with van der Waals surface area (Å²) < 4.78 is 0. The van der Waals surface area contributed by atoms with Gasteiger partial charge in [-0.1, -0.05) is 41.5 Å². The lowest BCUT2D eigenvalue weighted by molar-refractivity contribution is 0.263. The lowest BCUT2D eigenvalue weighted by Crippen LogP contribution is -2.27. The predicted molar refractivity (Wildman–Crippen MR) is 88.6 cm³/mol. The summed E-state index contributed by atoms with van der Waals surface area (Å²) >= 11 is 0. The van der Waals surface area contributed by atoms with Crippen molar-refractivity contribution in [3.05, 3.63) is 23.4 Å². The third-order valence-electron chi connectivity index (χ3n) is 4.56. The fourth-order valence-corrected chi connectivity index (χ4v) is 2.88. The van der Waals surface area contributed by atoms with Crippen molar-refractivity contribution in [2.24, 2.45) is 11.3 Å². The van der Waals surface area contributed by atoms with Gasteiger partial charge in [-0.3, -0.25) is 0 Å². The molecule has 1 atom stereocenters. The van der Waals surface area contributed by atoms with Gasteiger partial charge in [-0.25, -0.2) is 4.98 Å². The summed E-state index contributed by atoms with van der Waals surface area (Å²) in [6.07, 6.45) is 1.22. The maximum atomic E-state index is 9.53. The van der Waals surface area contributed by atoms with Crippen molar-refractivity contribution in [3.63, 3.8) is 0 Å². The van der Waals surface area contributed by atoms with E-state index in [9.17, 15) is 5.11 Å². The smallest absolute Gasteiger partial charge is 0.129 e. The van der Waals surface area contributed by atoms with Crippen molar-refractivity contribution in [3.8, 4) is 0 Å². The van der Waals surface area contributed by atoms with Crippen molar-refractivity contribution in [2.45, 2.75) is 60.0 Å². The highest BCUT2D eigenvalue weighted by Crippen LogP contribution is 2.36. The fraction of sp³-hybridized carbons (Fsp3) is 0.722. The molecule has 1 aromatic rings. The van der Waals surface area contributed by atoms with Crippen LogP contribution in [0.1, 0.15) is 59.2 Å². The number of anilines is 1. The summed E-state index contributed by atoms with van der Waals surface area (Å²) in [5, 5.41) is 9.53. The average Bonchev–Trinajstić information content (AvgIpc) is 2.86. The molecule has 1 aliphatic heterocycles. The van der Waals surface area contributed by atoms with E-state index in [0.29, 0.717) is 11.3 Å². The van der Waals surface area contributed by atoms with Gasteiger partial charge in [-0.05, 0) is 35.4 Å². The molecule has 0 aromatic carbocycles. The van der Waals surface area contributed by atoms with Gasteiger partial charge in [-0.2, -0.15) is 0 Å². The van der Waals surface area contributed by atoms with Crippen LogP contribution < -0.4 is 4.90 Å². The summed E-state index contributed by atoms with van der Waals surface area (Å²) in [7, 11) is 0. The van der Waals surface area contributed by atoms with Crippen molar-refractivity contribution in [2.75, 3.05) is 18.0 Å². The minimum Gasteiger partial charge on any atom is -0.392 e. The SMILES string of the molecule is CC(C)(C)c1cc(CO)cc(N2CCC(C(C)(C)C)C2)n1. The molecule has 0 aliphatic carbocycles. The molecule has 3 nitrogen and oxygen atoms in total. The molecule has 3 heteroatoms. The highest BCUT2D eigenvalue weighted by Gasteiger charge is 2.32. The second-order valence-electron chi connectivity index (χ2n) is 8.42. The standard InChI is InChI=1S/C18H30N2O/c1-17(2,3)14-7-8-20(11-14)16-10-13(12-21)9-15(19-16)18(4,5)6/h9-10,14,21H,7-8,11-12H2,1-6H3. The molecule has 1 aliphatic rings. The van der Waals surface area contributed by atoms with Crippen molar-refractivity contribution >= 4 is 5.82 Å². The van der Waals surface area contributed by atoms with Gasteiger partial charge in [0.05, 0.1) is 6.61 Å². The van der Waals surface area contributed by atoms with Gasteiger partial charge in [0.2, 0.25) is 0 Å². The van der Waals surface area contributed by atoms with Gasteiger partial charge in [-0.15, -0.1) is 0 Å². The third-order valence-corrected chi connectivity index (χ3v) is 4.56. The molecule has 1 saturated heterocycles. The van der Waals surface area contributed by atoms with E-state index in [-0.39, 0.29) is 12.0 Å². The number of pyridine rings is 1. The van der Waals surface area contributed by atoms with Crippen LogP contribution in [0.15, 0.2) is 12.1 Å². The number of rotatable bonds is 2. The Morgan fingerprint density at radius 1 is 1.19 bits per heavy atom. The first-order valence-corrected chi connectivity index (χ1v) is 7.98. The van der Waals surface area contributed by atoms with Crippen LogP contribution in [-0.4, -0.2) is 23.2 Å². The van der Waals surface area contributed by atoms with Gasteiger partial charge in [0.1, 0.15) is 5.82 Å². The summed E-state index contributed by atoms with van der Waals surface area (Å²) in [4.78, 5) is 7.25. The van der Waals surface area contributed by atoms with E-state index in [1.54, 1.807) is 0 Å². The van der Waals surface area contributed by atoms with Crippen LogP contribution >= 0.6 is 0 Å². The molecule has 2 heterocycles. The summed E-state index contributed by atoms with van der Waals surface area (Å²) in [5.41, 5.74) is 2.37. The minimum atomic E-state index is 0.00306. The van der Waals surface area contributed by atoms with Crippen LogP contribution in [0.2, 0.25) is 0 Å². The Kier molecular flexibility index (Phi) is 4.34. The van der Waals surface area contributed by atoms with Crippen LogP contribution in [0.25, 0.3) is 0 Å². The summed E-state index contributed by atoms with van der Waals surface area (Å²) in [6.45, 7) is 15.7. The number of aliphatic hydroxyl groups is 1. The normalized spacial score (nSPS) is 20.1. The Morgan fingerprint density at radius 3 is 2.33 bits per heavy atom. The van der Waals surface area contributed by atoms with Crippen LogP contribution in [-0.2, 0) is 12.0 Å². The second kappa shape index (κ2) is 5.60. The first-order chi connectivity index (χ1) is 9.61. The highest BCUT2D eigenvalue weighted by molar-refractivity contribution is 5.45. The van der Waals surface area contributed by atoms with Crippen LogP contribution in [0.5, 0.6) is 0 Å². The minimum absolute atomic E-state index is 0.00306. The molecule has 0 saturated carbocycles. The van der Waals surface area contributed by atoms with E-state index in [0.717, 1.165) is 30.2 Å². The van der Waals surface area contributed by atoms with Gasteiger partial charge < -0.3 is 10.0 Å². The van der Waals surface area contributed by atoms with Gasteiger partial charge >= 0.3 is 0 Å². The largest absolute Gasteiger partial charge is 0.392 e. The third kappa shape index (κ3) is 3.76. The molecule has 0 amide bonds. The number of nitrogens with zero attached hydrogens (tertiary/aromatic N) is 2. The first kappa shape index (κ1) is 16.3. The molecular formula is C18H30N2O. The zero-order valence-electron chi connectivity index (χ0n) is 14.4. The van der Waals surface area contributed by atoms with Gasteiger partial charge in [0, 0.05) is 24.2 Å². The fourth-order valence-electron chi connectivity index (χ4n) is 2.88. The van der Waals surface area contributed by atoms with Crippen LogP contribution in [0, 0.1) is 11.3 Å². The lowest BCUT2D eigenvalue weighted by atomic mass is 9.80. The molecule has 0 spiro atoms. The molecule has 0 radical (unpaired) electrons. The van der Waals surface area contributed by atoms with Crippen LogP contribution in [0.3, 0.4) is 0 Å². The molecule has 2 rings (SSSR count). The first-order valence-electron chi connectivity index (χ1n) is 7.98. The molecule has 0 bridgehead atoms. The Morgan fingerprint density at radius 2 is 1.86 bits per heavy atom.